The van der Waals surface area contributed by atoms with Gasteiger partial charge in [0.15, 0.2) is 0 Å². The first kappa shape index (κ1) is 23.2. The smallest absolute Gasteiger partial charge is 0.101 e. The van der Waals surface area contributed by atoms with E-state index < -0.39 is 0 Å². The molecule has 0 unspecified atom stereocenters. The maximum absolute atomic E-state index is 5.51. The SMILES string of the molecule is NCCCCCCCCCCCCCCCCC[NH2+]Cc1ccccc1. The summed E-state index contributed by atoms with van der Waals surface area (Å²) in [6, 6.07) is 10.8. The van der Waals surface area contributed by atoms with E-state index in [9.17, 15) is 0 Å². The van der Waals surface area contributed by atoms with Crippen molar-refractivity contribution in [3.63, 3.8) is 0 Å². The quantitative estimate of drug-likeness (QED) is 0.311. The van der Waals surface area contributed by atoms with Crippen molar-refractivity contribution in [2.75, 3.05) is 13.1 Å². The Morgan fingerprint density at radius 3 is 1.42 bits per heavy atom. The number of quaternary nitrogens is 1. The van der Waals surface area contributed by atoms with Crippen molar-refractivity contribution in [3.05, 3.63) is 35.9 Å². The van der Waals surface area contributed by atoms with Gasteiger partial charge < -0.3 is 11.1 Å². The lowest BCUT2D eigenvalue weighted by Gasteiger charge is -2.04. The van der Waals surface area contributed by atoms with Crippen molar-refractivity contribution < 1.29 is 5.32 Å². The van der Waals surface area contributed by atoms with E-state index in [1.165, 1.54) is 108 Å². The zero-order valence-electron chi connectivity index (χ0n) is 17.3. The lowest BCUT2D eigenvalue weighted by molar-refractivity contribution is -0.671. The average Bonchev–Trinajstić information content (AvgIpc) is 2.68. The summed E-state index contributed by atoms with van der Waals surface area (Å²) in [5.74, 6) is 0. The molecule has 0 saturated carbocycles. The van der Waals surface area contributed by atoms with E-state index in [1.807, 2.05) is 0 Å². The molecule has 1 aromatic rings. The lowest BCUT2D eigenvalue weighted by atomic mass is 10.0. The molecule has 0 aliphatic heterocycles. The van der Waals surface area contributed by atoms with Crippen LogP contribution >= 0.6 is 0 Å². The topological polar surface area (TPSA) is 42.6 Å². The van der Waals surface area contributed by atoms with E-state index >= 15 is 0 Å². The molecule has 0 fully saturated rings. The molecule has 150 valence electrons. The summed E-state index contributed by atoms with van der Waals surface area (Å²) in [6.07, 6.45) is 21.2. The van der Waals surface area contributed by atoms with Gasteiger partial charge in [0.25, 0.3) is 0 Å². The highest BCUT2D eigenvalue weighted by Gasteiger charge is 1.96. The molecule has 1 rings (SSSR count). The van der Waals surface area contributed by atoms with Crippen LogP contribution in [-0.4, -0.2) is 13.1 Å². The van der Waals surface area contributed by atoms with Gasteiger partial charge in [-0.1, -0.05) is 107 Å². The van der Waals surface area contributed by atoms with Crippen LogP contribution in [0.3, 0.4) is 0 Å². The first-order valence-corrected chi connectivity index (χ1v) is 11.5. The van der Waals surface area contributed by atoms with Crippen LogP contribution in [0.25, 0.3) is 0 Å². The van der Waals surface area contributed by atoms with Crippen LogP contribution in [0.15, 0.2) is 30.3 Å². The van der Waals surface area contributed by atoms with Crippen molar-refractivity contribution in [1.82, 2.24) is 0 Å². The molecule has 2 heteroatoms. The van der Waals surface area contributed by atoms with Crippen LogP contribution in [0, 0.1) is 0 Å². The van der Waals surface area contributed by atoms with Gasteiger partial charge in [-0.15, -0.1) is 0 Å². The fourth-order valence-electron chi connectivity index (χ4n) is 3.61. The van der Waals surface area contributed by atoms with Crippen LogP contribution in [0.4, 0.5) is 0 Å². The Balaban J connectivity index is 1.68. The van der Waals surface area contributed by atoms with E-state index in [2.05, 4.69) is 35.6 Å². The maximum atomic E-state index is 5.51. The number of hydrogen-bond donors (Lipinski definition) is 2. The van der Waals surface area contributed by atoms with Gasteiger partial charge in [0.05, 0.1) is 6.54 Å². The van der Waals surface area contributed by atoms with Gasteiger partial charge in [0, 0.05) is 5.56 Å². The third kappa shape index (κ3) is 15.4. The third-order valence-electron chi connectivity index (χ3n) is 5.34. The summed E-state index contributed by atoms with van der Waals surface area (Å²) in [5.41, 5.74) is 6.96. The highest BCUT2D eigenvalue weighted by atomic mass is 14.8. The zero-order valence-corrected chi connectivity index (χ0v) is 17.3. The molecule has 4 N–H and O–H groups in total. The molecule has 0 aromatic heterocycles. The minimum absolute atomic E-state index is 0.868. The van der Waals surface area contributed by atoms with Gasteiger partial charge in [0.2, 0.25) is 0 Å². The minimum atomic E-state index is 0.868. The Kier molecular flexibility index (Phi) is 16.9. The summed E-state index contributed by atoms with van der Waals surface area (Å²) < 4.78 is 0. The molecule has 26 heavy (non-hydrogen) atoms. The second-order valence-electron chi connectivity index (χ2n) is 7.86. The lowest BCUT2D eigenvalue weighted by Crippen LogP contribution is -2.82. The van der Waals surface area contributed by atoms with Gasteiger partial charge >= 0.3 is 0 Å². The van der Waals surface area contributed by atoms with Gasteiger partial charge in [-0.05, 0) is 25.8 Å². The molecule has 0 bridgehead atoms. The number of benzene rings is 1. The molecular formula is C24H45N2+. The fraction of sp³-hybridized carbons (Fsp3) is 0.750. The first-order chi connectivity index (χ1) is 12.9. The van der Waals surface area contributed by atoms with Crippen LogP contribution < -0.4 is 11.1 Å². The standard InChI is InChI=1S/C24H44N2/c25-21-17-12-10-8-6-4-2-1-3-5-7-9-11-13-18-22-26-23-24-19-15-14-16-20-24/h14-16,19-20,26H,1-13,17-18,21-23,25H2/p+1. The molecule has 0 amide bonds. The highest BCUT2D eigenvalue weighted by Crippen LogP contribution is 2.13. The molecule has 0 spiro atoms. The molecule has 0 aliphatic carbocycles. The summed E-state index contributed by atoms with van der Waals surface area (Å²) >= 11 is 0. The molecule has 0 atom stereocenters. The Hall–Kier alpha value is -0.860. The van der Waals surface area contributed by atoms with E-state index in [0.717, 1.165) is 13.1 Å². The van der Waals surface area contributed by atoms with Crippen LogP contribution in [0.5, 0.6) is 0 Å². The Morgan fingerprint density at radius 2 is 0.962 bits per heavy atom. The van der Waals surface area contributed by atoms with Crippen LogP contribution in [-0.2, 0) is 6.54 Å². The van der Waals surface area contributed by atoms with Gasteiger partial charge in [0.1, 0.15) is 6.54 Å². The van der Waals surface area contributed by atoms with E-state index in [-0.39, 0.29) is 0 Å². The molecule has 0 heterocycles. The summed E-state index contributed by atoms with van der Waals surface area (Å²) in [6.45, 7) is 3.28. The van der Waals surface area contributed by atoms with Crippen LogP contribution in [0.1, 0.15) is 102 Å². The van der Waals surface area contributed by atoms with Crippen molar-refractivity contribution in [2.24, 2.45) is 5.73 Å². The van der Waals surface area contributed by atoms with E-state index in [0.29, 0.717) is 0 Å². The van der Waals surface area contributed by atoms with Crippen molar-refractivity contribution in [3.8, 4) is 0 Å². The molecule has 0 saturated heterocycles. The average molecular weight is 362 g/mol. The van der Waals surface area contributed by atoms with Crippen molar-refractivity contribution in [1.29, 1.82) is 0 Å². The second-order valence-corrected chi connectivity index (χ2v) is 7.86. The van der Waals surface area contributed by atoms with Crippen molar-refractivity contribution in [2.45, 2.75) is 103 Å². The first-order valence-electron chi connectivity index (χ1n) is 11.5. The zero-order chi connectivity index (χ0) is 18.5. The third-order valence-corrected chi connectivity index (χ3v) is 5.34. The predicted molar refractivity (Wildman–Crippen MR) is 115 cm³/mol. The number of rotatable bonds is 19. The second kappa shape index (κ2) is 18.9. The largest absolute Gasteiger partial charge is 0.343 e. The Morgan fingerprint density at radius 1 is 0.538 bits per heavy atom. The minimum Gasteiger partial charge on any atom is -0.343 e. The summed E-state index contributed by atoms with van der Waals surface area (Å²) in [4.78, 5) is 0. The summed E-state index contributed by atoms with van der Waals surface area (Å²) in [7, 11) is 0. The number of hydrogen-bond acceptors (Lipinski definition) is 1. The van der Waals surface area contributed by atoms with E-state index in [4.69, 9.17) is 5.73 Å². The Labute approximate surface area is 163 Å². The molecule has 2 nitrogen and oxygen atoms in total. The normalized spacial score (nSPS) is 11.1. The Bertz CT molecular complexity index is 377. The number of nitrogens with two attached hydrogens (primary N) is 2. The van der Waals surface area contributed by atoms with Gasteiger partial charge in [-0.2, -0.15) is 0 Å². The number of unbranched alkanes of at least 4 members (excludes halogenated alkanes) is 14. The van der Waals surface area contributed by atoms with Crippen molar-refractivity contribution >= 4 is 0 Å². The predicted octanol–water partition coefficient (Wildman–Crippen LogP) is 5.56. The monoisotopic (exact) mass is 361 g/mol. The van der Waals surface area contributed by atoms with E-state index in [1.54, 1.807) is 0 Å². The van der Waals surface area contributed by atoms with Crippen LogP contribution in [0.2, 0.25) is 0 Å². The van der Waals surface area contributed by atoms with Gasteiger partial charge in [-0.3, -0.25) is 0 Å². The van der Waals surface area contributed by atoms with Gasteiger partial charge in [-0.25, -0.2) is 0 Å². The fourth-order valence-corrected chi connectivity index (χ4v) is 3.61. The molecule has 1 aromatic carbocycles. The molecule has 0 radical (unpaired) electrons. The highest BCUT2D eigenvalue weighted by molar-refractivity contribution is 5.12. The maximum Gasteiger partial charge on any atom is 0.101 e. The molecule has 0 aliphatic rings. The summed E-state index contributed by atoms with van der Waals surface area (Å²) in [5, 5.41) is 2.45. The molecular weight excluding hydrogens is 316 g/mol.